The van der Waals surface area contributed by atoms with E-state index >= 15 is 0 Å². The van der Waals surface area contributed by atoms with Crippen molar-refractivity contribution in [3.63, 3.8) is 0 Å². The molecule has 0 unspecified atom stereocenters. The van der Waals surface area contributed by atoms with Gasteiger partial charge >= 0.3 is 5.97 Å². The van der Waals surface area contributed by atoms with Gasteiger partial charge in [-0.2, -0.15) is 0 Å². The molecule has 1 saturated carbocycles. The third-order valence-corrected chi connectivity index (χ3v) is 5.01. The molecule has 5 nitrogen and oxygen atoms in total. The van der Waals surface area contributed by atoms with Crippen molar-refractivity contribution in [2.45, 2.75) is 39.5 Å². The topological polar surface area (TPSA) is 87.0 Å². The maximum absolute atomic E-state index is 12.8. The summed E-state index contributed by atoms with van der Waals surface area (Å²) in [5.74, 6) is -1.06. The van der Waals surface area contributed by atoms with E-state index in [9.17, 15) is 14.7 Å². The van der Waals surface area contributed by atoms with E-state index in [-0.39, 0.29) is 41.9 Å². The molecule has 1 aliphatic rings. The Balaban J connectivity index is 1.98. The van der Waals surface area contributed by atoms with Crippen LogP contribution in [-0.2, 0) is 16.0 Å². The van der Waals surface area contributed by atoms with E-state index in [0.29, 0.717) is 18.6 Å². The number of ketones is 1. The van der Waals surface area contributed by atoms with Gasteiger partial charge in [-0.15, -0.1) is 0 Å². The summed E-state index contributed by atoms with van der Waals surface area (Å²) in [5, 5.41) is 21.8. The first kappa shape index (κ1) is 19.8. The largest absolute Gasteiger partial charge is 0.511 e. The molecule has 2 aromatic carbocycles. The number of aliphatic hydroxyl groups excluding tert-OH is 1. The van der Waals surface area contributed by atoms with Crippen molar-refractivity contribution >= 4 is 28.2 Å². The molecule has 3 rings (SSSR count). The summed E-state index contributed by atoms with van der Waals surface area (Å²) in [6, 6.07) is 13.8. The van der Waals surface area contributed by atoms with E-state index in [2.05, 4.69) is 4.99 Å². The van der Waals surface area contributed by atoms with Gasteiger partial charge in [0.1, 0.15) is 5.76 Å². The van der Waals surface area contributed by atoms with Crippen LogP contribution in [0.3, 0.4) is 0 Å². The Labute approximate surface area is 164 Å². The second-order valence-corrected chi connectivity index (χ2v) is 8.05. The summed E-state index contributed by atoms with van der Waals surface area (Å²) in [5.41, 5.74) is 1.45. The first-order valence-electron chi connectivity index (χ1n) is 9.44. The first-order chi connectivity index (χ1) is 13.3. The molecule has 2 aromatic rings. The maximum atomic E-state index is 12.8. The standard InChI is InChI=1S/C23H25NO4/c1-23(2)13-18(24-11-10-21(27)28)22(20(26)14-23)19(25)12-16-8-5-7-15-6-3-4-9-17(15)16/h3-9,25H,10-14H2,1-2H3,(H,27,28)/b22-19+,24-18?. The molecule has 0 radical (unpaired) electrons. The lowest BCUT2D eigenvalue weighted by Crippen LogP contribution is -2.33. The molecule has 1 aliphatic carbocycles. The number of carbonyl (C=O) groups excluding carboxylic acids is 1. The van der Waals surface area contributed by atoms with Gasteiger partial charge in [0.05, 0.1) is 12.0 Å². The van der Waals surface area contributed by atoms with Crippen molar-refractivity contribution < 1.29 is 19.8 Å². The summed E-state index contributed by atoms with van der Waals surface area (Å²) in [4.78, 5) is 28.0. The van der Waals surface area contributed by atoms with Crippen LogP contribution in [0.15, 0.2) is 58.8 Å². The highest BCUT2D eigenvalue weighted by molar-refractivity contribution is 6.24. The van der Waals surface area contributed by atoms with Gasteiger partial charge in [0.25, 0.3) is 0 Å². The Morgan fingerprint density at radius 3 is 2.54 bits per heavy atom. The van der Waals surface area contributed by atoms with Crippen LogP contribution in [-0.4, -0.2) is 34.2 Å². The third kappa shape index (κ3) is 4.47. The van der Waals surface area contributed by atoms with Crippen molar-refractivity contribution in [2.24, 2.45) is 10.4 Å². The van der Waals surface area contributed by atoms with Gasteiger partial charge in [0, 0.05) is 25.1 Å². The lowest BCUT2D eigenvalue weighted by Gasteiger charge is -2.31. The van der Waals surface area contributed by atoms with Gasteiger partial charge in [0.2, 0.25) is 0 Å². The highest BCUT2D eigenvalue weighted by Crippen LogP contribution is 2.36. The zero-order chi connectivity index (χ0) is 20.3. The summed E-state index contributed by atoms with van der Waals surface area (Å²) in [6.07, 6.45) is 1.00. The summed E-state index contributed by atoms with van der Waals surface area (Å²) in [7, 11) is 0. The zero-order valence-electron chi connectivity index (χ0n) is 16.2. The normalized spacial score (nSPS) is 19.8. The summed E-state index contributed by atoms with van der Waals surface area (Å²) in [6.45, 7) is 4.06. The number of aliphatic imine (C=N–C) groups is 1. The molecule has 146 valence electrons. The molecule has 0 atom stereocenters. The number of nitrogens with zero attached hydrogens (tertiary/aromatic N) is 1. The molecular formula is C23H25NO4. The van der Waals surface area contributed by atoms with E-state index in [1.807, 2.05) is 56.3 Å². The van der Waals surface area contributed by atoms with Crippen LogP contribution in [0.5, 0.6) is 0 Å². The van der Waals surface area contributed by atoms with Gasteiger partial charge < -0.3 is 10.2 Å². The van der Waals surface area contributed by atoms with Crippen LogP contribution in [0.2, 0.25) is 0 Å². The van der Waals surface area contributed by atoms with Crippen molar-refractivity contribution in [3.05, 3.63) is 59.4 Å². The molecule has 2 N–H and O–H groups in total. The summed E-state index contributed by atoms with van der Waals surface area (Å²) >= 11 is 0. The van der Waals surface area contributed by atoms with E-state index in [4.69, 9.17) is 5.11 Å². The number of carboxylic acids is 1. The molecule has 1 fully saturated rings. The van der Waals surface area contributed by atoms with E-state index in [1.165, 1.54) is 0 Å². The fraction of sp³-hybridized carbons (Fsp3) is 0.348. The Hall–Kier alpha value is -2.95. The fourth-order valence-corrected chi connectivity index (χ4v) is 3.75. The van der Waals surface area contributed by atoms with Gasteiger partial charge in [-0.05, 0) is 28.2 Å². The molecule has 28 heavy (non-hydrogen) atoms. The Bertz CT molecular complexity index is 980. The Morgan fingerprint density at radius 1 is 1.07 bits per heavy atom. The number of aliphatic carboxylic acids is 1. The maximum Gasteiger partial charge on any atom is 0.305 e. The van der Waals surface area contributed by atoms with Crippen LogP contribution < -0.4 is 0 Å². The predicted octanol–water partition coefficient (Wildman–Crippen LogP) is 4.50. The molecule has 5 heteroatoms. The number of hydrogen-bond acceptors (Lipinski definition) is 4. The number of carboxylic acid groups (broad SMARTS) is 1. The van der Waals surface area contributed by atoms with Crippen LogP contribution in [0, 0.1) is 5.41 Å². The van der Waals surface area contributed by atoms with Gasteiger partial charge in [-0.3, -0.25) is 14.6 Å². The van der Waals surface area contributed by atoms with Crippen molar-refractivity contribution in [2.75, 3.05) is 6.54 Å². The lowest BCUT2D eigenvalue weighted by molar-refractivity contribution is -0.136. The minimum atomic E-state index is -0.934. The molecule has 0 amide bonds. The fourth-order valence-electron chi connectivity index (χ4n) is 3.75. The highest BCUT2D eigenvalue weighted by Gasteiger charge is 2.36. The minimum absolute atomic E-state index is 0.00549. The van der Waals surface area contributed by atoms with Crippen LogP contribution in [0.4, 0.5) is 0 Å². The Kier molecular flexibility index (Phi) is 5.63. The third-order valence-electron chi connectivity index (χ3n) is 5.01. The predicted molar refractivity (Wildman–Crippen MR) is 110 cm³/mol. The van der Waals surface area contributed by atoms with Gasteiger partial charge in [-0.25, -0.2) is 0 Å². The number of fused-ring (bicyclic) bond motifs is 1. The number of allylic oxidation sites excluding steroid dienone is 2. The first-order valence-corrected chi connectivity index (χ1v) is 9.44. The molecule has 0 aliphatic heterocycles. The molecule has 0 heterocycles. The van der Waals surface area contributed by atoms with E-state index < -0.39 is 5.97 Å². The molecular weight excluding hydrogens is 354 g/mol. The second-order valence-electron chi connectivity index (χ2n) is 8.05. The number of aliphatic hydroxyl groups is 1. The zero-order valence-corrected chi connectivity index (χ0v) is 16.2. The van der Waals surface area contributed by atoms with Crippen LogP contribution in [0.1, 0.15) is 38.7 Å². The average Bonchev–Trinajstić information content (AvgIpc) is 2.60. The van der Waals surface area contributed by atoms with E-state index in [0.717, 1.165) is 16.3 Å². The monoisotopic (exact) mass is 379 g/mol. The SMILES string of the molecule is CC1(C)CC(=O)/C(=C(/O)Cc2cccc3ccccc23)C(=NCCC(=O)O)C1. The lowest BCUT2D eigenvalue weighted by atomic mass is 9.73. The quantitative estimate of drug-likeness (QED) is 0.591. The van der Waals surface area contributed by atoms with Crippen LogP contribution in [0.25, 0.3) is 10.8 Å². The average molecular weight is 379 g/mol. The summed E-state index contributed by atoms with van der Waals surface area (Å²) < 4.78 is 0. The number of benzene rings is 2. The van der Waals surface area contributed by atoms with E-state index in [1.54, 1.807) is 0 Å². The number of carbonyl (C=O) groups is 2. The smallest absolute Gasteiger partial charge is 0.305 e. The minimum Gasteiger partial charge on any atom is -0.511 e. The molecule has 0 saturated heterocycles. The van der Waals surface area contributed by atoms with Gasteiger partial charge in [0.15, 0.2) is 5.78 Å². The molecule has 0 spiro atoms. The molecule has 0 aromatic heterocycles. The number of Topliss-reactive ketones (excluding diaryl/α,β-unsaturated/α-hetero) is 1. The van der Waals surface area contributed by atoms with Crippen LogP contribution >= 0.6 is 0 Å². The highest BCUT2D eigenvalue weighted by atomic mass is 16.4. The second kappa shape index (κ2) is 7.97. The Morgan fingerprint density at radius 2 is 1.79 bits per heavy atom. The van der Waals surface area contributed by atoms with Gasteiger partial charge in [-0.1, -0.05) is 56.3 Å². The van der Waals surface area contributed by atoms with Crippen molar-refractivity contribution in [1.29, 1.82) is 0 Å². The van der Waals surface area contributed by atoms with Crippen molar-refractivity contribution in [1.82, 2.24) is 0 Å². The number of hydrogen-bond donors (Lipinski definition) is 2. The molecule has 0 bridgehead atoms. The van der Waals surface area contributed by atoms with Crippen molar-refractivity contribution in [3.8, 4) is 0 Å². The number of rotatable bonds is 5.